The molecule has 0 bridgehead atoms. The summed E-state index contributed by atoms with van der Waals surface area (Å²) in [6.45, 7) is 1.37. The van der Waals surface area contributed by atoms with E-state index in [0.717, 1.165) is 11.1 Å². The van der Waals surface area contributed by atoms with Gasteiger partial charge in [0.1, 0.15) is 12.6 Å². The van der Waals surface area contributed by atoms with Gasteiger partial charge in [0.15, 0.2) is 0 Å². The molecule has 0 spiro atoms. The average Bonchev–Trinajstić information content (AvgIpc) is 2.76. The van der Waals surface area contributed by atoms with Crippen molar-refractivity contribution < 1.29 is 9.53 Å². The summed E-state index contributed by atoms with van der Waals surface area (Å²) in [6.07, 6.45) is -0.153. The zero-order valence-corrected chi connectivity index (χ0v) is 15.4. The van der Waals surface area contributed by atoms with Gasteiger partial charge in [-0.1, -0.05) is 60.7 Å². The van der Waals surface area contributed by atoms with E-state index in [0.29, 0.717) is 25.4 Å². The van der Waals surface area contributed by atoms with Crippen LogP contribution in [0.4, 0.5) is 0 Å². The molecule has 3 aromatic rings. The van der Waals surface area contributed by atoms with Gasteiger partial charge in [0.05, 0.1) is 18.8 Å². The quantitative estimate of drug-likeness (QED) is 0.703. The van der Waals surface area contributed by atoms with E-state index in [1.165, 1.54) is 10.7 Å². The number of carbonyl (C=O) groups is 1. The summed E-state index contributed by atoms with van der Waals surface area (Å²) >= 11 is 0. The Morgan fingerprint density at radius 2 is 1.71 bits per heavy atom. The SMILES string of the molecule is O=C(Cn1nc(-c2ccccc2)ccc1=O)N1CCO[C@H](c2ccccc2)C1. The first kappa shape index (κ1) is 18.1. The van der Waals surface area contributed by atoms with E-state index in [1.54, 1.807) is 11.0 Å². The molecule has 1 amide bonds. The zero-order chi connectivity index (χ0) is 19.3. The molecule has 0 aliphatic carbocycles. The molecule has 0 N–H and O–H groups in total. The Bertz CT molecular complexity index is 1000. The number of carbonyl (C=O) groups excluding carboxylic acids is 1. The molecular weight excluding hydrogens is 354 g/mol. The lowest BCUT2D eigenvalue weighted by atomic mass is 10.1. The van der Waals surface area contributed by atoms with Crippen LogP contribution in [-0.4, -0.2) is 40.3 Å². The van der Waals surface area contributed by atoms with Crippen LogP contribution in [0.5, 0.6) is 0 Å². The fourth-order valence-electron chi connectivity index (χ4n) is 3.30. The number of aromatic nitrogens is 2. The van der Waals surface area contributed by atoms with Gasteiger partial charge >= 0.3 is 0 Å². The lowest BCUT2D eigenvalue weighted by molar-refractivity contribution is -0.139. The molecule has 1 saturated heterocycles. The normalized spacial score (nSPS) is 16.7. The van der Waals surface area contributed by atoms with Crippen molar-refractivity contribution in [3.05, 3.63) is 88.7 Å². The van der Waals surface area contributed by atoms with Gasteiger partial charge in [-0.05, 0) is 11.6 Å². The molecule has 6 nitrogen and oxygen atoms in total. The van der Waals surface area contributed by atoms with Crippen LogP contribution in [0.2, 0.25) is 0 Å². The summed E-state index contributed by atoms with van der Waals surface area (Å²) in [7, 11) is 0. The lowest BCUT2D eigenvalue weighted by Gasteiger charge is -2.33. The maximum absolute atomic E-state index is 12.8. The van der Waals surface area contributed by atoms with E-state index in [-0.39, 0.29) is 24.1 Å². The minimum absolute atomic E-state index is 0.0823. The van der Waals surface area contributed by atoms with Crippen molar-refractivity contribution in [1.82, 2.24) is 14.7 Å². The molecule has 2 aromatic carbocycles. The molecule has 28 heavy (non-hydrogen) atoms. The third-order valence-corrected chi connectivity index (χ3v) is 4.81. The molecule has 0 saturated carbocycles. The highest BCUT2D eigenvalue weighted by atomic mass is 16.5. The van der Waals surface area contributed by atoms with E-state index < -0.39 is 0 Å². The number of hydrogen-bond acceptors (Lipinski definition) is 4. The second kappa shape index (κ2) is 8.19. The van der Waals surface area contributed by atoms with Crippen LogP contribution in [0.15, 0.2) is 77.6 Å². The van der Waals surface area contributed by atoms with E-state index in [1.807, 2.05) is 60.7 Å². The van der Waals surface area contributed by atoms with Crippen LogP contribution >= 0.6 is 0 Å². The fraction of sp³-hybridized carbons (Fsp3) is 0.227. The number of nitrogens with zero attached hydrogens (tertiary/aromatic N) is 3. The first-order valence-electron chi connectivity index (χ1n) is 9.28. The minimum atomic E-state index is -0.291. The Morgan fingerprint density at radius 3 is 2.46 bits per heavy atom. The summed E-state index contributed by atoms with van der Waals surface area (Å²) in [6, 6.07) is 22.6. The summed E-state index contributed by atoms with van der Waals surface area (Å²) in [5.74, 6) is -0.135. The van der Waals surface area contributed by atoms with Crippen LogP contribution in [-0.2, 0) is 16.1 Å². The van der Waals surface area contributed by atoms with Gasteiger partial charge in [-0.2, -0.15) is 5.10 Å². The van der Waals surface area contributed by atoms with Crippen LogP contribution in [0, 0.1) is 0 Å². The molecule has 0 unspecified atom stereocenters. The molecule has 1 aliphatic heterocycles. The van der Waals surface area contributed by atoms with Gasteiger partial charge in [0, 0.05) is 18.2 Å². The smallest absolute Gasteiger partial charge is 0.267 e. The van der Waals surface area contributed by atoms with Crippen LogP contribution < -0.4 is 5.56 Å². The van der Waals surface area contributed by atoms with Crippen LogP contribution in [0.25, 0.3) is 11.3 Å². The molecule has 4 rings (SSSR count). The third kappa shape index (κ3) is 4.02. The Kier molecular flexibility index (Phi) is 5.30. The van der Waals surface area contributed by atoms with Crippen molar-refractivity contribution in [1.29, 1.82) is 0 Å². The maximum Gasteiger partial charge on any atom is 0.267 e. The van der Waals surface area contributed by atoms with Crippen molar-refractivity contribution in [2.45, 2.75) is 12.6 Å². The van der Waals surface area contributed by atoms with Gasteiger partial charge in [-0.25, -0.2) is 4.68 Å². The van der Waals surface area contributed by atoms with Gasteiger partial charge in [-0.3, -0.25) is 9.59 Å². The van der Waals surface area contributed by atoms with Crippen molar-refractivity contribution in [3.63, 3.8) is 0 Å². The van der Waals surface area contributed by atoms with Gasteiger partial charge in [0.2, 0.25) is 5.91 Å². The summed E-state index contributed by atoms with van der Waals surface area (Å²) in [5, 5.41) is 4.38. The third-order valence-electron chi connectivity index (χ3n) is 4.81. The Hall–Kier alpha value is -3.25. The first-order valence-corrected chi connectivity index (χ1v) is 9.28. The molecule has 142 valence electrons. The number of hydrogen-bond donors (Lipinski definition) is 0. The van der Waals surface area contributed by atoms with Crippen molar-refractivity contribution >= 4 is 5.91 Å². The van der Waals surface area contributed by atoms with Crippen molar-refractivity contribution in [2.75, 3.05) is 19.7 Å². The summed E-state index contributed by atoms with van der Waals surface area (Å²) < 4.78 is 7.05. The number of amides is 1. The molecule has 1 fully saturated rings. The molecule has 1 aliphatic rings. The molecule has 0 radical (unpaired) electrons. The Balaban J connectivity index is 1.50. The second-order valence-corrected chi connectivity index (χ2v) is 6.69. The van der Waals surface area contributed by atoms with E-state index in [9.17, 15) is 9.59 Å². The molecule has 1 aromatic heterocycles. The topological polar surface area (TPSA) is 64.4 Å². The highest BCUT2D eigenvalue weighted by Gasteiger charge is 2.25. The van der Waals surface area contributed by atoms with Gasteiger partial charge in [0.25, 0.3) is 5.56 Å². The maximum atomic E-state index is 12.8. The van der Waals surface area contributed by atoms with E-state index in [2.05, 4.69) is 5.10 Å². The summed E-state index contributed by atoms with van der Waals surface area (Å²) in [5.41, 5.74) is 2.32. The van der Waals surface area contributed by atoms with Crippen molar-refractivity contribution in [2.24, 2.45) is 0 Å². The van der Waals surface area contributed by atoms with Crippen LogP contribution in [0.3, 0.4) is 0 Å². The van der Waals surface area contributed by atoms with Crippen molar-refractivity contribution in [3.8, 4) is 11.3 Å². The van der Waals surface area contributed by atoms with Crippen LogP contribution in [0.1, 0.15) is 11.7 Å². The van der Waals surface area contributed by atoms with Gasteiger partial charge < -0.3 is 9.64 Å². The number of ether oxygens (including phenoxy) is 1. The highest BCUT2D eigenvalue weighted by Crippen LogP contribution is 2.22. The molecule has 6 heteroatoms. The van der Waals surface area contributed by atoms with E-state index in [4.69, 9.17) is 4.74 Å². The first-order chi connectivity index (χ1) is 13.7. The lowest BCUT2D eigenvalue weighted by Crippen LogP contribution is -2.44. The number of benzene rings is 2. The monoisotopic (exact) mass is 375 g/mol. The fourth-order valence-corrected chi connectivity index (χ4v) is 3.30. The predicted octanol–water partition coefficient (Wildman–Crippen LogP) is 2.51. The number of morpholine rings is 1. The van der Waals surface area contributed by atoms with Gasteiger partial charge in [-0.15, -0.1) is 0 Å². The number of rotatable bonds is 4. The molecule has 1 atom stereocenters. The zero-order valence-electron chi connectivity index (χ0n) is 15.4. The largest absolute Gasteiger partial charge is 0.370 e. The standard InChI is InChI=1S/C22H21N3O3/c26-21-12-11-19(17-7-3-1-4-8-17)23-25(21)16-22(27)24-13-14-28-20(15-24)18-9-5-2-6-10-18/h1-12,20H,13-16H2/t20-/m0/s1. The molecular formula is C22H21N3O3. The second-order valence-electron chi connectivity index (χ2n) is 6.69. The predicted molar refractivity (Wildman–Crippen MR) is 106 cm³/mol. The highest BCUT2D eigenvalue weighted by molar-refractivity contribution is 5.76. The molecule has 2 heterocycles. The minimum Gasteiger partial charge on any atom is -0.370 e. The van der Waals surface area contributed by atoms with E-state index >= 15 is 0 Å². The Morgan fingerprint density at radius 1 is 1.00 bits per heavy atom. The Labute approximate surface area is 163 Å². The summed E-state index contributed by atoms with van der Waals surface area (Å²) in [4.78, 5) is 26.8. The average molecular weight is 375 g/mol.